The van der Waals surface area contributed by atoms with E-state index in [1.807, 2.05) is 0 Å². The standard InChI is InChI=1S/C4H8O4/c1-7-3-8-2-4(5)6/h2-3H2,1H3,(H,5,6)/p+1. The summed E-state index contributed by atoms with van der Waals surface area (Å²) < 4.78 is 8.92. The predicted molar refractivity (Wildman–Crippen MR) is 26.4 cm³/mol. The van der Waals surface area contributed by atoms with Crippen molar-refractivity contribution in [1.82, 2.24) is 0 Å². The lowest BCUT2D eigenvalue weighted by Crippen LogP contribution is -2.08. The molecule has 48 valence electrons. The van der Waals surface area contributed by atoms with Crippen LogP contribution in [0.3, 0.4) is 0 Å². The number of methoxy groups -OCH3 is 1. The van der Waals surface area contributed by atoms with Crippen molar-refractivity contribution < 1.29 is 19.4 Å². The molecule has 0 atom stereocenters. The summed E-state index contributed by atoms with van der Waals surface area (Å²) in [4.78, 5) is 9.80. The molecule has 4 nitrogen and oxygen atoms in total. The van der Waals surface area contributed by atoms with Crippen LogP contribution >= 0.6 is 0 Å². The van der Waals surface area contributed by atoms with E-state index in [0.717, 1.165) is 0 Å². The third-order valence-corrected chi connectivity index (χ3v) is 0.434. The Kier molecular flexibility index (Phi) is 4.20. The third-order valence-electron chi connectivity index (χ3n) is 0.434. The van der Waals surface area contributed by atoms with Crippen LogP contribution in [0.5, 0.6) is 0 Å². The molecule has 0 saturated heterocycles. The van der Waals surface area contributed by atoms with Crippen molar-refractivity contribution in [1.29, 1.82) is 0 Å². The molecule has 0 saturated carbocycles. The van der Waals surface area contributed by atoms with Crippen LogP contribution in [0.25, 0.3) is 0 Å². The van der Waals surface area contributed by atoms with Crippen molar-refractivity contribution in [3.63, 3.8) is 0 Å². The van der Waals surface area contributed by atoms with Crippen molar-refractivity contribution in [2.75, 3.05) is 20.5 Å². The second-order valence-electron chi connectivity index (χ2n) is 1.18. The first-order chi connectivity index (χ1) is 3.77. The molecule has 0 unspecified atom stereocenters. The average molecular weight is 121 g/mol. The molecule has 4 heteroatoms. The fourth-order valence-corrected chi connectivity index (χ4v) is 0.218. The van der Waals surface area contributed by atoms with Crippen LogP contribution < -0.4 is 0 Å². The van der Waals surface area contributed by atoms with Crippen LogP contribution in [0.15, 0.2) is 0 Å². The Morgan fingerprint density at radius 2 is 2.38 bits per heavy atom. The van der Waals surface area contributed by atoms with Gasteiger partial charge in [0.15, 0.2) is 0 Å². The van der Waals surface area contributed by atoms with Crippen LogP contribution in [0.4, 0.5) is 0 Å². The van der Waals surface area contributed by atoms with Gasteiger partial charge in [-0.2, -0.15) is 0 Å². The first-order valence-corrected chi connectivity index (χ1v) is 2.08. The number of hydrogen-bond donors (Lipinski definition) is 0. The summed E-state index contributed by atoms with van der Waals surface area (Å²) in [7, 11) is 1.45. The first kappa shape index (κ1) is 7.39. The summed E-state index contributed by atoms with van der Waals surface area (Å²) in [6, 6.07) is 0. The van der Waals surface area contributed by atoms with Gasteiger partial charge in [0.05, 0.1) is 0 Å². The van der Waals surface area contributed by atoms with Gasteiger partial charge >= 0.3 is 5.97 Å². The number of rotatable bonds is 4. The molecular formula is C4H9O4+. The summed E-state index contributed by atoms with van der Waals surface area (Å²) in [5.41, 5.74) is 0. The molecule has 0 aromatic carbocycles. The zero-order valence-electron chi connectivity index (χ0n) is 4.64. The van der Waals surface area contributed by atoms with Gasteiger partial charge in [0.25, 0.3) is 0 Å². The van der Waals surface area contributed by atoms with Crippen molar-refractivity contribution in [3.8, 4) is 0 Å². The Morgan fingerprint density at radius 3 is 2.75 bits per heavy atom. The van der Waals surface area contributed by atoms with Gasteiger partial charge in [0, 0.05) is 11.9 Å². The summed E-state index contributed by atoms with van der Waals surface area (Å²) >= 11 is 0. The molecule has 0 fully saturated rings. The minimum atomic E-state index is -0.734. The molecule has 8 heavy (non-hydrogen) atoms. The lowest BCUT2D eigenvalue weighted by Gasteiger charge is -1.92. The van der Waals surface area contributed by atoms with Crippen molar-refractivity contribution in [2.24, 2.45) is 0 Å². The van der Waals surface area contributed by atoms with Gasteiger partial charge in [-0.25, -0.2) is 0 Å². The van der Waals surface area contributed by atoms with E-state index in [4.69, 9.17) is 5.11 Å². The predicted octanol–water partition coefficient (Wildman–Crippen LogP) is -1.14. The largest absolute Gasteiger partial charge is 0.563 e. The first-order valence-electron chi connectivity index (χ1n) is 2.08. The van der Waals surface area contributed by atoms with Gasteiger partial charge in [0.1, 0.15) is 6.79 Å². The van der Waals surface area contributed by atoms with Gasteiger partial charge in [0.2, 0.25) is 6.61 Å². The summed E-state index contributed by atoms with van der Waals surface area (Å²) in [5.74, 6) is -0.734. The molecule has 0 aromatic rings. The monoisotopic (exact) mass is 121 g/mol. The summed E-state index contributed by atoms with van der Waals surface area (Å²) in [6.45, 7) is -0.113. The van der Waals surface area contributed by atoms with Gasteiger partial charge in [-0.05, 0) is 0 Å². The van der Waals surface area contributed by atoms with Gasteiger partial charge in [-0.3, -0.25) is 0 Å². The van der Waals surface area contributed by atoms with E-state index in [1.165, 1.54) is 7.11 Å². The van der Waals surface area contributed by atoms with Crippen LogP contribution in [-0.4, -0.2) is 31.6 Å². The van der Waals surface area contributed by atoms with Crippen LogP contribution in [0, 0.1) is 0 Å². The summed E-state index contributed by atoms with van der Waals surface area (Å²) in [6.07, 6.45) is 0. The number of carbonyl (C=O) groups excluding carboxylic acids is 1. The maximum Gasteiger partial charge on any atom is 0.542 e. The molecule has 0 aliphatic carbocycles. The normalized spacial score (nSPS) is 9.12. The molecule has 0 aliphatic heterocycles. The molecule has 0 aromatic heterocycles. The Balaban J connectivity index is 2.82. The fourth-order valence-electron chi connectivity index (χ4n) is 0.218. The number of carbonyl (C=O) groups is 1. The highest BCUT2D eigenvalue weighted by Crippen LogP contribution is 1.72. The number of ether oxygens (including phenoxy) is 2. The van der Waals surface area contributed by atoms with Gasteiger partial charge in [-0.1, -0.05) is 0 Å². The lowest BCUT2D eigenvalue weighted by atomic mass is 10.8. The molecule has 0 amide bonds. The highest BCUT2D eigenvalue weighted by Gasteiger charge is 2.02. The minimum Gasteiger partial charge on any atom is -0.563 e. The maximum absolute atomic E-state index is 9.80. The third kappa shape index (κ3) is 5.39. The highest BCUT2D eigenvalue weighted by molar-refractivity contribution is 5.67. The second kappa shape index (κ2) is 4.55. The van der Waals surface area contributed by atoms with Crippen LogP contribution in [0.2, 0.25) is 0 Å². The van der Waals surface area contributed by atoms with E-state index in [2.05, 4.69) is 9.47 Å². The molecule has 0 aliphatic rings. The Labute approximate surface area is 47.0 Å². The molecule has 0 heterocycles. The minimum absolute atomic E-state index is 0.0740. The Morgan fingerprint density at radius 1 is 1.75 bits per heavy atom. The molecule has 0 bridgehead atoms. The van der Waals surface area contributed by atoms with Crippen molar-refractivity contribution >= 4 is 5.97 Å². The van der Waals surface area contributed by atoms with E-state index >= 15 is 0 Å². The van der Waals surface area contributed by atoms with E-state index < -0.39 is 5.97 Å². The van der Waals surface area contributed by atoms with E-state index in [9.17, 15) is 4.79 Å². The molecule has 0 spiro atoms. The quantitative estimate of drug-likeness (QED) is 0.268. The van der Waals surface area contributed by atoms with Crippen LogP contribution in [0.1, 0.15) is 0 Å². The maximum atomic E-state index is 9.80. The fraction of sp³-hybridized carbons (Fsp3) is 0.750. The smallest absolute Gasteiger partial charge is 0.542 e. The highest BCUT2D eigenvalue weighted by atomic mass is 16.7. The number of hydrogen-bond acceptors (Lipinski definition) is 3. The van der Waals surface area contributed by atoms with Gasteiger partial charge < -0.3 is 14.6 Å². The molecular weight excluding hydrogens is 112 g/mol. The zero-order valence-corrected chi connectivity index (χ0v) is 4.64. The van der Waals surface area contributed by atoms with Crippen LogP contribution in [-0.2, 0) is 14.3 Å². The average Bonchev–Trinajstić information content (AvgIpc) is 1.66. The van der Waals surface area contributed by atoms with E-state index in [0.29, 0.717) is 0 Å². The molecule has 0 rings (SSSR count). The summed E-state index contributed by atoms with van der Waals surface area (Å²) in [5, 5.41) is 6.34. The van der Waals surface area contributed by atoms with Gasteiger partial charge in [-0.15, -0.1) is 0 Å². The van der Waals surface area contributed by atoms with E-state index in [-0.39, 0.29) is 13.4 Å². The molecule has 0 radical (unpaired) electrons. The second-order valence-corrected chi connectivity index (χ2v) is 1.18. The van der Waals surface area contributed by atoms with Crippen molar-refractivity contribution in [3.05, 3.63) is 0 Å². The zero-order chi connectivity index (χ0) is 6.41. The Bertz CT molecular complexity index is 70.4. The van der Waals surface area contributed by atoms with Crippen molar-refractivity contribution in [2.45, 2.75) is 0 Å². The van der Waals surface area contributed by atoms with E-state index in [1.54, 1.807) is 0 Å². The topological polar surface area (TPSA) is 58.4 Å². The Hall–Kier alpha value is -0.610. The lowest BCUT2D eigenvalue weighted by molar-refractivity contribution is -0.146. The molecule has 2 N–H and O–H groups in total. The SMILES string of the molecule is COCOCC(=O)[OH2+].